The summed E-state index contributed by atoms with van der Waals surface area (Å²) in [4.78, 5) is 0. The molecule has 0 aliphatic carbocycles. The van der Waals surface area contributed by atoms with Gasteiger partial charge in [0.25, 0.3) is 0 Å². The summed E-state index contributed by atoms with van der Waals surface area (Å²) in [5, 5.41) is 3.30. The zero-order valence-corrected chi connectivity index (χ0v) is 11.6. The van der Waals surface area contributed by atoms with Gasteiger partial charge in [-0.3, -0.25) is 0 Å². The van der Waals surface area contributed by atoms with Crippen molar-refractivity contribution in [3.63, 3.8) is 0 Å². The Morgan fingerprint density at radius 2 is 2.18 bits per heavy atom. The molecule has 0 bridgehead atoms. The summed E-state index contributed by atoms with van der Waals surface area (Å²) in [7, 11) is 0. The highest BCUT2D eigenvalue weighted by atomic mass is 79.9. The van der Waals surface area contributed by atoms with Gasteiger partial charge in [0, 0.05) is 23.1 Å². The first-order valence-corrected chi connectivity index (χ1v) is 6.68. The molecular formula is C13H17BrFNO. The van der Waals surface area contributed by atoms with E-state index in [2.05, 4.69) is 35.1 Å². The molecule has 1 aliphatic heterocycles. The van der Waals surface area contributed by atoms with Crippen molar-refractivity contribution in [2.75, 3.05) is 13.1 Å². The van der Waals surface area contributed by atoms with Crippen molar-refractivity contribution in [1.82, 2.24) is 5.32 Å². The monoisotopic (exact) mass is 301 g/mol. The van der Waals surface area contributed by atoms with Gasteiger partial charge >= 0.3 is 0 Å². The lowest BCUT2D eigenvalue weighted by molar-refractivity contribution is -0.0616. The van der Waals surface area contributed by atoms with E-state index in [9.17, 15) is 4.39 Å². The molecule has 0 radical (unpaired) electrons. The van der Waals surface area contributed by atoms with Crippen molar-refractivity contribution in [2.45, 2.75) is 26.1 Å². The summed E-state index contributed by atoms with van der Waals surface area (Å²) in [6, 6.07) is 5.12. The fourth-order valence-corrected chi connectivity index (χ4v) is 2.34. The van der Waals surface area contributed by atoms with E-state index in [1.807, 2.05) is 6.07 Å². The van der Waals surface area contributed by atoms with E-state index in [0.29, 0.717) is 18.0 Å². The number of benzene rings is 1. The third-order valence-electron chi connectivity index (χ3n) is 3.07. The molecule has 1 heterocycles. The lowest BCUT2D eigenvalue weighted by atomic mass is 10.0. The third kappa shape index (κ3) is 3.06. The Kier molecular flexibility index (Phi) is 4.17. The molecular weight excluding hydrogens is 285 g/mol. The molecule has 1 aromatic carbocycles. The molecule has 1 fully saturated rings. The number of morpholine rings is 1. The topological polar surface area (TPSA) is 21.3 Å². The zero-order valence-electron chi connectivity index (χ0n) is 10.0. The normalized spacial score (nSPS) is 25.2. The van der Waals surface area contributed by atoms with Crippen LogP contribution in [0.5, 0.6) is 0 Å². The molecule has 4 heteroatoms. The van der Waals surface area contributed by atoms with Crippen LogP contribution in [-0.4, -0.2) is 19.2 Å². The first kappa shape index (κ1) is 13.0. The molecule has 1 aromatic rings. The summed E-state index contributed by atoms with van der Waals surface area (Å²) >= 11 is 3.26. The Hall–Kier alpha value is -0.450. The fourth-order valence-electron chi connectivity index (χ4n) is 2.00. The molecule has 2 nitrogen and oxygen atoms in total. The lowest BCUT2D eigenvalue weighted by Crippen LogP contribution is -2.43. The summed E-state index contributed by atoms with van der Waals surface area (Å²) in [5.74, 6) is 0.222. The van der Waals surface area contributed by atoms with Crippen LogP contribution in [0, 0.1) is 11.7 Å². The molecule has 1 aliphatic rings. The van der Waals surface area contributed by atoms with Crippen LogP contribution in [0.4, 0.5) is 4.39 Å². The Balaban J connectivity index is 2.16. The van der Waals surface area contributed by atoms with Crippen LogP contribution in [0.3, 0.4) is 0 Å². The van der Waals surface area contributed by atoms with E-state index in [4.69, 9.17) is 4.74 Å². The van der Waals surface area contributed by atoms with Crippen molar-refractivity contribution >= 4 is 15.9 Å². The van der Waals surface area contributed by atoms with Gasteiger partial charge in [0.05, 0.1) is 12.2 Å². The third-order valence-corrected chi connectivity index (χ3v) is 3.56. The number of nitrogens with one attached hydrogen (secondary N) is 1. The molecule has 94 valence electrons. The van der Waals surface area contributed by atoms with E-state index in [-0.39, 0.29) is 18.0 Å². The molecule has 17 heavy (non-hydrogen) atoms. The maximum atomic E-state index is 13.8. The predicted molar refractivity (Wildman–Crippen MR) is 69.4 cm³/mol. The van der Waals surface area contributed by atoms with Gasteiger partial charge in [0.15, 0.2) is 0 Å². The summed E-state index contributed by atoms with van der Waals surface area (Å²) in [6.07, 6.45) is -0.0407. The van der Waals surface area contributed by atoms with Crippen molar-refractivity contribution < 1.29 is 9.13 Å². The van der Waals surface area contributed by atoms with Crippen LogP contribution in [0.15, 0.2) is 22.7 Å². The molecule has 0 saturated carbocycles. The van der Waals surface area contributed by atoms with Crippen LogP contribution in [0.25, 0.3) is 0 Å². The van der Waals surface area contributed by atoms with Gasteiger partial charge in [0.2, 0.25) is 0 Å². The van der Waals surface area contributed by atoms with Crippen molar-refractivity contribution in [2.24, 2.45) is 5.92 Å². The van der Waals surface area contributed by atoms with Crippen molar-refractivity contribution in [1.29, 1.82) is 0 Å². The number of hydrogen-bond acceptors (Lipinski definition) is 2. The van der Waals surface area contributed by atoms with E-state index >= 15 is 0 Å². The van der Waals surface area contributed by atoms with Gasteiger partial charge < -0.3 is 10.1 Å². The van der Waals surface area contributed by atoms with Gasteiger partial charge in [-0.25, -0.2) is 4.39 Å². The first-order valence-electron chi connectivity index (χ1n) is 5.89. The second-order valence-corrected chi connectivity index (χ2v) is 5.65. The Morgan fingerprint density at radius 3 is 2.82 bits per heavy atom. The lowest BCUT2D eigenvalue weighted by Gasteiger charge is -2.33. The molecule has 0 aromatic heterocycles. The molecule has 1 N–H and O–H groups in total. The molecule has 1 saturated heterocycles. The minimum Gasteiger partial charge on any atom is -0.367 e. The van der Waals surface area contributed by atoms with Crippen LogP contribution < -0.4 is 5.32 Å². The maximum absolute atomic E-state index is 13.8. The first-order chi connectivity index (χ1) is 8.08. The minimum absolute atomic E-state index is 0.150. The van der Waals surface area contributed by atoms with E-state index in [1.165, 1.54) is 6.07 Å². The highest BCUT2D eigenvalue weighted by Gasteiger charge is 2.27. The maximum Gasteiger partial charge on any atom is 0.130 e. The molecule has 0 amide bonds. The van der Waals surface area contributed by atoms with Gasteiger partial charge in [-0.1, -0.05) is 35.8 Å². The smallest absolute Gasteiger partial charge is 0.130 e. The Morgan fingerprint density at radius 1 is 1.41 bits per heavy atom. The predicted octanol–water partition coefficient (Wildman–Crippen LogP) is 3.27. The summed E-state index contributed by atoms with van der Waals surface area (Å²) in [5.41, 5.74) is 0.631. The van der Waals surface area contributed by atoms with Crippen LogP contribution in [0.2, 0.25) is 0 Å². The quantitative estimate of drug-likeness (QED) is 0.905. The van der Waals surface area contributed by atoms with Crippen molar-refractivity contribution in [3.8, 4) is 0 Å². The van der Waals surface area contributed by atoms with Crippen LogP contribution in [0.1, 0.15) is 25.5 Å². The highest BCUT2D eigenvalue weighted by molar-refractivity contribution is 9.10. The minimum atomic E-state index is -0.212. The summed E-state index contributed by atoms with van der Waals surface area (Å²) in [6.45, 7) is 5.74. The summed E-state index contributed by atoms with van der Waals surface area (Å²) < 4.78 is 20.5. The van der Waals surface area contributed by atoms with Crippen LogP contribution >= 0.6 is 15.9 Å². The largest absolute Gasteiger partial charge is 0.367 e. The van der Waals surface area contributed by atoms with E-state index in [1.54, 1.807) is 6.07 Å². The zero-order chi connectivity index (χ0) is 12.4. The number of halogens is 2. The Bertz CT molecular complexity index is 397. The van der Waals surface area contributed by atoms with Gasteiger partial charge in [0.1, 0.15) is 5.82 Å². The molecule has 2 rings (SSSR count). The van der Waals surface area contributed by atoms with E-state index < -0.39 is 0 Å². The fraction of sp³-hybridized carbons (Fsp3) is 0.538. The SMILES string of the molecule is CC(C)C1CNCC(c2ccc(Br)cc2F)O1. The average Bonchev–Trinajstić information content (AvgIpc) is 2.29. The number of rotatable bonds is 2. The molecule has 2 unspecified atom stereocenters. The van der Waals surface area contributed by atoms with Gasteiger partial charge in [-0.05, 0) is 18.1 Å². The second-order valence-electron chi connectivity index (χ2n) is 4.73. The Labute approximate surface area is 110 Å². The molecule has 0 spiro atoms. The van der Waals surface area contributed by atoms with Crippen molar-refractivity contribution in [3.05, 3.63) is 34.1 Å². The van der Waals surface area contributed by atoms with Gasteiger partial charge in [-0.15, -0.1) is 0 Å². The van der Waals surface area contributed by atoms with Gasteiger partial charge in [-0.2, -0.15) is 0 Å². The standard InChI is InChI=1S/C13H17BrFNO/c1-8(2)12-6-16-7-13(17-12)10-4-3-9(14)5-11(10)15/h3-5,8,12-13,16H,6-7H2,1-2H3. The number of ether oxygens (including phenoxy) is 1. The second kappa shape index (κ2) is 5.46. The average molecular weight is 302 g/mol. The van der Waals surface area contributed by atoms with Crippen LogP contribution in [-0.2, 0) is 4.74 Å². The van der Waals surface area contributed by atoms with E-state index in [0.717, 1.165) is 11.0 Å². The number of hydrogen-bond donors (Lipinski definition) is 1. The highest BCUT2D eigenvalue weighted by Crippen LogP contribution is 2.27. The molecule has 2 atom stereocenters.